The Hall–Kier alpha value is -1.90. The summed E-state index contributed by atoms with van der Waals surface area (Å²) in [6.07, 6.45) is 7.98. The molecule has 0 bridgehead atoms. The second kappa shape index (κ2) is 13.9. The maximum absolute atomic E-state index is 13.3. The minimum absolute atomic E-state index is 0.0434. The van der Waals surface area contributed by atoms with Gasteiger partial charge in [0.1, 0.15) is 5.75 Å². The van der Waals surface area contributed by atoms with E-state index >= 15 is 0 Å². The fourth-order valence-electron chi connectivity index (χ4n) is 10.2. The lowest BCUT2D eigenvalue weighted by atomic mass is 9.50. The predicted octanol–water partition coefficient (Wildman–Crippen LogP) is 10.4. The van der Waals surface area contributed by atoms with Gasteiger partial charge in [0.05, 0.1) is 19.1 Å². The van der Waals surface area contributed by atoms with Crippen molar-refractivity contribution >= 4 is 5.97 Å². The normalized spacial score (nSPS) is 30.4. The highest BCUT2D eigenvalue weighted by Crippen LogP contribution is 2.76. The van der Waals surface area contributed by atoms with E-state index in [4.69, 9.17) is 4.74 Å². The Morgan fingerprint density at radius 3 is 2.22 bits per heavy atom. The van der Waals surface area contributed by atoms with Crippen molar-refractivity contribution in [3.05, 3.63) is 29.3 Å². The number of unbranched alkanes of at least 4 members (excludes halogenated alkanes) is 6. The minimum Gasteiger partial charge on any atom is -0.508 e. The molecule has 0 heterocycles. The first-order chi connectivity index (χ1) is 21.7. The first-order valence-corrected chi connectivity index (χ1v) is 17.8. The van der Waals surface area contributed by atoms with E-state index in [1.165, 1.54) is 44.8 Å². The summed E-state index contributed by atoms with van der Waals surface area (Å²) in [5.41, 5.74) is 3.08. The lowest BCUT2D eigenvalue weighted by Gasteiger charge is -2.55. The van der Waals surface area contributed by atoms with Crippen molar-refractivity contribution < 1.29 is 41.7 Å². The van der Waals surface area contributed by atoms with Gasteiger partial charge in [0.25, 0.3) is 0 Å². The number of phenols is 1. The summed E-state index contributed by atoms with van der Waals surface area (Å²) < 4.78 is 68.6. The highest BCUT2D eigenvalue weighted by molar-refractivity contribution is 5.72. The van der Waals surface area contributed by atoms with Gasteiger partial charge in [-0.05, 0) is 122 Å². The van der Waals surface area contributed by atoms with Crippen LogP contribution in [-0.4, -0.2) is 35.4 Å². The van der Waals surface area contributed by atoms with E-state index in [0.29, 0.717) is 41.4 Å². The second-order valence-corrected chi connectivity index (χ2v) is 15.4. The Labute approximate surface area is 270 Å². The number of carbonyl (C=O) groups excluding carboxylic acids is 1. The molecule has 4 aliphatic rings. The number of ether oxygens (including phenoxy) is 1. The minimum atomic E-state index is -5.57. The van der Waals surface area contributed by atoms with E-state index in [2.05, 4.69) is 13.0 Å². The number of alkyl halides is 5. The van der Waals surface area contributed by atoms with Crippen molar-refractivity contribution in [3.8, 4) is 5.75 Å². The van der Waals surface area contributed by atoms with E-state index < -0.39 is 42.9 Å². The molecular weight excluding hydrogens is 603 g/mol. The molecule has 4 unspecified atom stereocenters. The van der Waals surface area contributed by atoms with Gasteiger partial charge in [-0.2, -0.15) is 22.0 Å². The van der Waals surface area contributed by atoms with Gasteiger partial charge in [0.2, 0.25) is 0 Å². The molecule has 2 N–H and O–H groups in total. The number of aromatic hydroxyl groups is 1. The third-order valence-corrected chi connectivity index (χ3v) is 13.0. The largest absolute Gasteiger partial charge is 0.508 e. The summed E-state index contributed by atoms with van der Waals surface area (Å²) in [7, 11) is 1.21. The number of fused-ring (bicyclic) bond motifs is 6. The molecule has 0 saturated heterocycles. The number of benzene rings is 1. The summed E-state index contributed by atoms with van der Waals surface area (Å²) in [5.74, 6) is -3.97. The van der Waals surface area contributed by atoms with E-state index in [0.717, 1.165) is 56.9 Å². The van der Waals surface area contributed by atoms with Crippen molar-refractivity contribution in [1.29, 1.82) is 0 Å². The van der Waals surface area contributed by atoms with E-state index in [9.17, 15) is 37.0 Å². The van der Waals surface area contributed by atoms with E-state index in [-0.39, 0.29) is 18.1 Å². The number of methoxy groups -OCH3 is 1. The number of hydrogen-bond donors (Lipinski definition) is 2. The van der Waals surface area contributed by atoms with Crippen molar-refractivity contribution in [3.63, 3.8) is 0 Å². The average Bonchev–Trinajstić information content (AvgIpc) is 3.74. The van der Waals surface area contributed by atoms with Crippen LogP contribution in [0, 0.1) is 34.5 Å². The van der Waals surface area contributed by atoms with Crippen LogP contribution in [0.3, 0.4) is 0 Å². The summed E-state index contributed by atoms with van der Waals surface area (Å²) in [4.78, 5) is 12.1. The highest BCUT2D eigenvalue weighted by Gasteiger charge is 2.67. The molecule has 46 heavy (non-hydrogen) atoms. The first-order valence-electron chi connectivity index (χ1n) is 17.8. The first kappa shape index (κ1) is 35.4. The maximum atomic E-state index is 13.3. The van der Waals surface area contributed by atoms with Gasteiger partial charge in [0.15, 0.2) is 0 Å². The van der Waals surface area contributed by atoms with Crippen LogP contribution in [0.2, 0.25) is 0 Å². The van der Waals surface area contributed by atoms with Gasteiger partial charge in [-0.25, -0.2) is 0 Å². The number of rotatable bonds is 15. The number of carbonyl (C=O) groups is 1. The molecule has 1 aromatic rings. The predicted molar refractivity (Wildman–Crippen MR) is 166 cm³/mol. The topological polar surface area (TPSA) is 66.8 Å². The SMILES string of the molecule is COC(=O)C(CCCCCCCCC[C@H]1C2C(CC[C@@]3(C)C2CCC32CC2)c2ccc(O)cc2[C@H]1O)CCCC(F)(F)C(F)(F)F. The molecule has 0 radical (unpaired) electrons. The smallest absolute Gasteiger partial charge is 0.453 e. The summed E-state index contributed by atoms with van der Waals surface area (Å²) in [6, 6.07) is 5.63. The van der Waals surface area contributed by atoms with E-state index in [1.54, 1.807) is 12.1 Å². The molecule has 9 heteroatoms. The number of aliphatic hydroxyl groups is 1. The Morgan fingerprint density at radius 1 is 0.913 bits per heavy atom. The standard InChI is InChI=1S/C37H53F5O4/c1-34-19-16-27-26-15-14-25(43)23-29(26)32(44)28(31(27)30(34)17-20-35(34)21-22-35)13-9-7-5-3-4-6-8-11-24(33(45)46-2)12-10-18-36(38,39)37(40,41)42/h14-15,23-24,27-28,30-32,43-44H,3-13,16-22H2,1-2H3/t24?,27?,28-,30?,31?,32-,34-/m0/s1. The van der Waals surface area contributed by atoms with Gasteiger partial charge in [0, 0.05) is 6.42 Å². The summed E-state index contributed by atoms with van der Waals surface area (Å²) >= 11 is 0. The molecule has 3 saturated carbocycles. The Kier molecular flexibility index (Phi) is 10.7. The number of esters is 1. The van der Waals surface area contributed by atoms with Crippen LogP contribution in [-0.2, 0) is 9.53 Å². The molecule has 0 aromatic heterocycles. The molecule has 1 spiro atoms. The quantitative estimate of drug-likeness (QED) is 0.112. The number of halogens is 5. The van der Waals surface area contributed by atoms with Crippen LogP contribution in [0.15, 0.2) is 18.2 Å². The van der Waals surface area contributed by atoms with Crippen LogP contribution in [0.25, 0.3) is 0 Å². The lowest BCUT2D eigenvalue weighted by Crippen LogP contribution is -2.47. The second-order valence-electron chi connectivity index (χ2n) is 15.4. The molecule has 7 atom stereocenters. The molecule has 4 aliphatic carbocycles. The molecule has 0 aliphatic heterocycles. The summed E-state index contributed by atoms with van der Waals surface area (Å²) in [6.45, 7) is 2.55. The maximum Gasteiger partial charge on any atom is 0.453 e. The van der Waals surface area contributed by atoms with Crippen LogP contribution in [0.4, 0.5) is 22.0 Å². The van der Waals surface area contributed by atoms with Crippen LogP contribution < -0.4 is 0 Å². The average molecular weight is 657 g/mol. The van der Waals surface area contributed by atoms with Crippen LogP contribution in [0.5, 0.6) is 5.75 Å². The lowest BCUT2D eigenvalue weighted by molar-refractivity contribution is -0.284. The molecular formula is C37H53F5O4. The van der Waals surface area contributed by atoms with Crippen molar-refractivity contribution in [2.45, 2.75) is 147 Å². The van der Waals surface area contributed by atoms with Gasteiger partial charge >= 0.3 is 18.1 Å². The molecule has 0 amide bonds. The van der Waals surface area contributed by atoms with Crippen molar-refractivity contribution in [2.75, 3.05) is 7.11 Å². The molecule has 5 rings (SSSR count). The molecule has 260 valence electrons. The number of phenolic OH excluding ortho intramolecular Hbond substituents is 1. The third kappa shape index (κ3) is 6.96. The molecule has 3 fully saturated rings. The fourth-order valence-corrected chi connectivity index (χ4v) is 10.2. The monoisotopic (exact) mass is 656 g/mol. The Morgan fingerprint density at radius 2 is 1.57 bits per heavy atom. The Balaban J connectivity index is 1.07. The van der Waals surface area contributed by atoms with Crippen molar-refractivity contribution in [1.82, 2.24) is 0 Å². The van der Waals surface area contributed by atoms with Crippen molar-refractivity contribution in [2.24, 2.45) is 34.5 Å². The zero-order chi connectivity index (χ0) is 33.3. The van der Waals surface area contributed by atoms with E-state index in [1.807, 2.05) is 0 Å². The number of aliphatic hydroxyl groups excluding tert-OH is 1. The number of hydrogen-bond acceptors (Lipinski definition) is 4. The fraction of sp³-hybridized carbons (Fsp3) is 0.811. The van der Waals surface area contributed by atoms with Crippen LogP contribution in [0.1, 0.15) is 146 Å². The molecule has 4 nitrogen and oxygen atoms in total. The van der Waals surface area contributed by atoms with Crippen LogP contribution >= 0.6 is 0 Å². The zero-order valence-electron chi connectivity index (χ0n) is 27.5. The van der Waals surface area contributed by atoms with Gasteiger partial charge in [-0.15, -0.1) is 0 Å². The molecule has 1 aromatic carbocycles. The zero-order valence-corrected chi connectivity index (χ0v) is 27.5. The summed E-state index contributed by atoms with van der Waals surface area (Å²) in [5, 5.41) is 22.0. The highest BCUT2D eigenvalue weighted by atomic mass is 19.4. The van der Waals surface area contributed by atoms with Gasteiger partial charge in [-0.1, -0.05) is 57.9 Å². The van der Waals surface area contributed by atoms with Gasteiger partial charge < -0.3 is 14.9 Å². The Bertz CT molecular complexity index is 1200. The third-order valence-electron chi connectivity index (χ3n) is 13.0. The van der Waals surface area contributed by atoms with Gasteiger partial charge in [-0.3, -0.25) is 4.79 Å².